The molecule has 5 heteroatoms. The molecule has 80 valence electrons. The Morgan fingerprint density at radius 2 is 1.73 bits per heavy atom. The van der Waals surface area contributed by atoms with Gasteiger partial charge in [0.15, 0.2) is 0 Å². The van der Waals surface area contributed by atoms with Crippen LogP contribution < -0.4 is 14.6 Å². The number of hydrogen-bond donors (Lipinski definition) is 0. The van der Waals surface area contributed by atoms with Crippen LogP contribution in [0.5, 0.6) is 11.5 Å². The van der Waals surface area contributed by atoms with Gasteiger partial charge >= 0.3 is 5.97 Å². The Morgan fingerprint density at radius 1 is 1.20 bits per heavy atom. The molecule has 0 radical (unpaired) electrons. The minimum Gasteiger partial charge on any atom is -0.550 e. The van der Waals surface area contributed by atoms with Crippen molar-refractivity contribution in [1.29, 1.82) is 0 Å². The molecule has 0 saturated heterocycles. The maximum atomic E-state index is 10.9. The zero-order valence-corrected chi connectivity index (χ0v) is 8.06. The fourth-order valence-corrected chi connectivity index (χ4v) is 0.929. The zero-order chi connectivity index (χ0) is 11.3. The molecule has 1 rings (SSSR count). The first-order chi connectivity index (χ1) is 7.11. The van der Waals surface area contributed by atoms with Gasteiger partial charge in [-0.15, -0.1) is 0 Å². The Kier molecular flexibility index (Phi) is 3.68. The molecule has 0 bridgehead atoms. The molecule has 0 saturated carbocycles. The van der Waals surface area contributed by atoms with E-state index in [-0.39, 0.29) is 5.75 Å². The van der Waals surface area contributed by atoms with Crippen molar-refractivity contribution in [2.45, 2.75) is 6.42 Å². The molecule has 0 heterocycles. The third-order valence-corrected chi connectivity index (χ3v) is 1.58. The van der Waals surface area contributed by atoms with Gasteiger partial charge in [0.1, 0.15) is 11.5 Å². The quantitative estimate of drug-likeness (QED) is 0.388. The van der Waals surface area contributed by atoms with Crippen LogP contribution in [0.1, 0.15) is 6.42 Å². The second-order valence-corrected chi connectivity index (χ2v) is 2.70. The van der Waals surface area contributed by atoms with Crippen LogP contribution in [0, 0.1) is 0 Å². The van der Waals surface area contributed by atoms with E-state index in [1.807, 2.05) is 0 Å². The Morgan fingerprint density at radius 3 is 2.20 bits per heavy atom. The first-order valence-electron chi connectivity index (χ1n) is 4.16. The van der Waals surface area contributed by atoms with Gasteiger partial charge in [-0.3, -0.25) is 4.79 Å². The van der Waals surface area contributed by atoms with Crippen LogP contribution in [0.25, 0.3) is 0 Å². The van der Waals surface area contributed by atoms with Crippen molar-refractivity contribution in [2.24, 2.45) is 0 Å². The summed E-state index contributed by atoms with van der Waals surface area (Å²) >= 11 is 0. The highest BCUT2D eigenvalue weighted by atomic mass is 16.5. The fourth-order valence-electron chi connectivity index (χ4n) is 0.929. The second kappa shape index (κ2) is 4.99. The van der Waals surface area contributed by atoms with Gasteiger partial charge in [-0.2, -0.15) is 0 Å². The van der Waals surface area contributed by atoms with E-state index in [1.165, 1.54) is 19.2 Å². The fraction of sp³-hybridized carbons (Fsp3) is 0.200. The standard InChI is InChI=1S/C10H10O5/c1-14-7-2-4-8(5-3-7)15-10(13)6-9(11)12/h2-5H,6H2,1H3,(H,11,12)/p-1. The molecule has 1 aromatic carbocycles. The third-order valence-electron chi connectivity index (χ3n) is 1.58. The van der Waals surface area contributed by atoms with Gasteiger partial charge in [0.25, 0.3) is 0 Å². The van der Waals surface area contributed by atoms with Crippen molar-refractivity contribution < 1.29 is 24.2 Å². The number of carbonyl (C=O) groups is 2. The van der Waals surface area contributed by atoms with E-state index < -0.39 is 18.4 Å². The van der Waals surface area contributed by atoms with Crippen LogP contribution in [-0.2, 0) is 9.59 Å². The number of hydrogen-bond acceptors (Lipinski definition) is 5. The Bertz CT molecular complexity index is 355. The molecule has 15 heavy (non-hydrogen) atoms. The predicted molar refractivity (Wildman–Crippen MR) is 48.3 cm³/mol. The van der Waals surface area contributed by atoms with Gasteiger partial charge in [0, 0.05) is 0 Å². The number of carboxylic acids is 1. The lowest BCUT2D eigenvalue weighted by Crippen LogP contribution is -2.27. The molecule has 0 N–H and O–H groups in total. The van der Waals surface area contributed by atoms with E-state index in [1.54, 1.807) is 12.1 Å². The number of ether oxygens (including phenoxy) is 2. The lowest BCUT2D eigenvalue weighted by molar-refractivity contribution is -0.304. The molecule has 0 unspecified atom stereocenters. The molecule has 1 aromatic rings. The van der Waals surface area contributed by atoms with Crippen LogP contribution in [0.3, 0.4) is 0 Å². The average molecular weight is 209 g/mol. The molecule has 0 aliphatic rings. The molecular weight excluding hydrogens is 200 g/mol. The third kappa shape index (κ3) is 3.68. The highest BCUT2D eigenvalue weighted by Gasteiger charge is 2.04. The van der Waals surface area contributed by atoms with Crippen molar-refractivity contribution >= 4 is 11.9 Å². The predicted octanol–water partition coefficient (Wildman–Crippen LogP) is -0.259. The van der Waals surface area contributed by atoms with Crippen LogP contribution in [0.4, 0.5) is 0 Å². The Balaban J connectivity index is 2.57. The van der Waals surface area contributed by atoms with E-state index in [4.69, 9.17) is 9.47 Å². The first kappa shape index (κ1) is 11.0. The number of carboxylic acid groups (broad SMARTS) is 1. The lowest BCUT2D eigenvalue weighted by Gasteiger charge is -2.05. The van der Waals surface area contributed by atoms with Gasteiger partial charge in [0.05, 0.1) is 19.5 Å². The number of esters is 1. The number of methoxy groups -OCH3 is 1. The molecule has 0 amide bonds. The SMILES string of the molecule is COc1ccc(OC(=O)CC(=O)[O-])cc1. The van der Waals surface area contributed by atoms with Gasteiger partial charge in [-0.05, 0) is 24.3 Å². The number of aliphatic carboxylic acids is 1. The minimum absolute atomic E-state index is 0.266. The van der Waals surface area contributed by atoms with E-state index in [0.717, 1.165) is 0 Å². The highest BCUT2D eigenvalue weighted by Crippen LogP contribution is 2.17. The molecular formula is C10H9O5-. The van der Waals surface area contributed by atoms with Crippen LogP contribution in [0.15, 0.2) is 24.3 Å². The topological polar surface area (TPSA) is 75.7 Å². The zero-order valence-electron chi connectivity index (χ0n) is 8.06. The van der Waals surface area contributed by atoms with Crippen molar-refractivity contribution in [3.8, 4) is 11.5 Å². The summed E-state index contributed by atoms with van der Waals surface area (Å²) in [6, 6.07) is 6.21. The maximum Gasteiger partial charge on any atom is 0.316 e. The molecule has 0 atom stereocenters. The molecule has 5 nitrogen and oxygen atoms in total. The lowest BCUT2D eigenvalue weighted by atomic mass is 10.3. The van der Waals surface area contributed by atoms with E-state index >= 15 is 0 Å². The van der Waals surface area contributed by atoms with E-state index in [2.05, 4.69) is 0 Å². The van der Waals surface area contributed by atoms with Crippen molar-refractivity contribution in [2.75, 3.05) is 7.11 Å². The number of carbonyl (C=O) groups excluding carboxylic acids is 2. The van der Waals surface area contributed by atoms with E-state index in [9.17, 15) is 14.7 Å². The van der Waals surface area contributed by atoms with Crippen molar-refractivity contribution in [3.63, 3.8) is 0 Å². The van der Waals surface area contributed by atoms with Gasteiger partial charge in [0.2, 0.25) is 0 Å². The molecule has 0 aliphatic carbocycles. The Hall–Kier alpha value is -2.04. The summed E-state index contributed by atoms with van der Waals surface area (Å²) in [7, 11) is 1.51. The number of benzene rings is 1. The summed E-state index contributed by atoms with van der Waals surface area (Å²) in [6.45, 7) is 0. The molecule has 0 fully saturated rings. The number of rotatable bonds is 4. The molecule has 0 aliphatic heterocycles. The van der Waals surface area contributed by atoms with Crippen molar-refractivity contribution in [3.05, 3.63) is 24.3 Å². The van der Waals surface area contributed by atoms with Crippen LogP contribution in [0.2, 0.25) is 0 Å². The molecule has 0 spiro atoms. The van der Waals surface area contributed by atoms with Gasteiger partial charge in [-0.1, -0.05) is 0 Å². The summed E-state index contributed by atoms with van der Waals surface area (Å²) in [6.07, 6.45) is -0.758. The highest BCUT2D eigenvalue weighted by molar-refractivity contribution is 5.90. The Labute approximate surface area is 86.2 Å². The van der Waals surface area contributed by atoms with Crippen LogP contribution in [-0.4, -0.2) is 19.0 Å². The summed E-state index contributed by atoms with van der Waals surface area (Å²) in [5.74, 6) is -1.44. The summed E-state index contributed by atoms with van der Waals surface area (Å²) in [5.41, 5.74) is 0. The summed E-state index contributed by atoms with van der Waals surface area (Å²) in [4.78, 5) is 21.0. The minimum atomic E-state index is -1.46. The average Bonchev–Trinajstić information content (AvgIpc) is 2.17. The summed E-state index contributed by atoms with van der Waals surface area (Å²) in [5, 5.41) is 10.1. The van der Waals surface area contributed by atoms with Crippen molar-refractivity contribution in [1.82, 2.24) is 0 Å². The van der Waals surface area contributed by atoms with E-state index in [0.29, 0.717) is 5.75 Å². The van der Waals surface area contributed by atoms with Gasteiger partial charge < -0.3 is 19.4 Å². The smallest absolute Gasteiger partial charge is 0.316 e. The van der Waals surface area contributed by atoms with Crippen LogP contribution >= 0.6 is 0 Å². The first-order valence-corrected chi connectivity index (χ1v) is 4.16. The maximum absolute atomic E-state index is 10.9. The van der Waals surface area contributed by atoms with Gasteiger partial charge in [-0.25, -0.2) is 0 Å². The second-order valence-electron chi connectivity index (χ2n) is 2.70. The normalized spacial score (nSPS) is 9.40. The molecule has 0 aromatic heterocycles. The summed E-state index contributed by atoms with van der Waals surface area (Å²) < 4.78 is 9.60. The monoisotopic (exact) mass is 209 g/mol. The largest absolute Gasteiger partial charge is 0.550 e.